The highest BCUT2D eigenvalue weighted by molar-refractivity contribution is 5.96. The highest BCUT2D eigenvalue weighted by Crippen LogP contribution is 2.34. The van der Waals surface area contributed by atoms with Crippen molar-refractivity contribution >= 4 is 11.7 Å². The maximum atomic E-state index is 12.3. The first kappa shape index (κ1) is 19.1. The molecular weight excluding hydrogens is 364 g/mol. The average molecular weight is 390 g/mol. The van der Waals surface area contributed by atoms with Gasteiger partial charge in [-0.2, -0.15) is 0 Å². The minimum Gasteiger partial charge on any atom is -0.508 e. The molecule has 1 fully saturated rings. The Labute approximate surface area is 171 Å². The number of carbonyl (C=O) groups is 1. The predicted octanol–water partition coefficient (Wildman–Crippen LogP) is 4.47. The lowest BCUT2D eigenvalue weighted by molar-refractivity contribution is 0.0527. The van der Waals surface area contributed by atoms with Gasteiger partial charge in [-0.1, -0.05) is 42.5 Å². The molecule has 29 heavy (non-hydrogen) atoms. The SMILES string of the molecule is CCOC(=O)c1cc(O)ccc1NC1C=C2CCN(Cc3ccccc3)C2=CC1. The summed E-state index contributed by atoms with van der Waals surface area (Å²) in [6.07, 6.45) is 6.42. The summed E-state index contributed by atoms with van der Waals surface area (Å²) in [7, 11) is 0. The molecule has 2 aliphatic rings. The molecule has 1 aliphatic carbocycles. The Morgan fingerprint density at radius 3 is 2.86 bits per heavy atom. The molecule has 4 rings (SSSR count). The van der Waals surface area contributed by atoms with E-state index < -0.39 is 5.97 Å². The third kappa shape index (κ3) is 4.29. The van der Waals surface area contributed by atoms with E-state index in [1.54, 1.807) is 19.1 Å². The Morgan fingerprint density at radius 1 is 1.24 bits per heavy atom. The van der Waals surface area contributed by atoms with Crippen LogP contribution in [0, 0.1) is 0 Å². The second-order valence-electron chi connectivity index (χ2n) is 7.38. The third-order valence-corrected chi connectivity index (χ3v) is 5.34. The van der Waals surface area contributed by atoms with Crippen LogP contribution in [0.2, 0.25) is 0 Å². The molecule has 2 aromatic carbocycles. The summed E-state index contributed by atoms with van der Waals surface area (Å²) in [6.45, 7) is 4.01. The number of likely N-dealkylation sites (tertiary alicyclic amines) is 1. The van der Waals surface area contributed by atoms with Crippen LogP contribution in [0.25, 0.3) is 0 Å². The molecule has 1 atom stereocenters. The zero-order valence-electron chi connectivity index (χ0n) is 16.6. The molecule has 150 valence electrons. The van der Waals surface area contributed by atoms with Gasteiger partial charge in [0.05, 0.1) is 12.2 Å². The molecule has 0 amide bonds. The van der Waals surface area contributed by atoms with Crippen LogP contribution >= 0.6 is 0 Å². The number of phenolic OH excluding ortho intramolecular Hbond substituents is 1. The summed E-state index contributed by atoms with van der Waals surface area (Å²) in [4.78, 5) is 14.7. The Bertz CT molecular complexity index is 950. The maximum Gasteiger partial charge on any atom is 0.340 e. The molecule has 5 heteroatoms. The summed E-state index contributed by atoms with van der Waals surface area (Å²) in [5, 5.41) is 13.2. The number of fused-ring (bicyclic) bond motifs is 1. The fourth-order valence-corrected chi connectivity index (χ4v) is 3.99. The Morgan fingerprint density at radius 2 is 2.07 bits per heavy atom. The van der Waals surface area contributed by atoms with Gasteiger partial charge in [0.1, 0.15) is 5.75 Å². The van der Waals surface area contributed by atoms with Gasteiger partial charge in [-0.05, 0) is 49.1 Å². The lowest BCUT2D eigenvalue weighted by atomic mass is 9.99. The molecule has 1 aliphatic heterocycles. The van der Waals surface area contributed by atoms with E-state index in [4.69, 9.17) is 4.74 Å². The van der Waals surface area contributed by atoms with Crippen molar-refractivity contribution < 1.29 is 14.6 Å². The molecule has 0 aromatic heterocycles. The van der Waals surface area contributed by atoms with E-state index in [1.165, 1.54) is 22.9 Å². The van der Waals surface area contributed by atoms with Gasteiger partial charge >= 0.3 is 5.97 Å². The molecule has 1 heterocycles. The number of nitrogens with one attached hydrogen (secondary N) is 1. The van der Waals surface area contributed by atoms with Crippen molar-refractivity contribution in [3.63, 3.8) is 0 Å². The van der Waals surface area contributed by atoms with Crippen LogP contribution in [0.5, 0.6) is 5.75 Å². The van der Waals surface area contributed by atoms with Gasteiger partial charge in [0.2, 0.25) is 0 Å². The number of ether oxygens (including phenoxy) is 1. The molecular formula is C24H26N2O3. The zero-order chi connectivity index (χ0) is 20.2. The van der Waals surface area contributed by atoms with Crippen LogP contribution in [-0.2, 0) is 11.3 Å². The summed E-state index contributed by atoms with van der Waals surface area (Å²) >= 11 is 0. The van der Waals surface area contributed by atoms with Crippen molar-refractivity contribution in [3.8, 4) is 5.75 Å². The summed E-state index contributed by atoms with van der Waals surface area (Å²) in [5.74, 6) is -0.379. The Balaban J connectivity index is 1.47. The van der Waals surface area contributed by atoms with Gasteiger partial charge in [0.15, 0.2) is 0 Å². The number of allylic oxidation sites excluding steroid dienone is 1. The molecule has 0 spiro atoms. The van der Waals surface area contributed by atoms with Gasteiger partial charge in [0.25, 0.3) is 0 Å². The van der Waals surface area contributed by atoms with Crippen LogP contribution in [0.15, 0.2) is 72.0 Å². The van der Waals surface area contributed by atoms with E-state index in [2.05, 4.69) is 46.6 Å². The van der Waals surface area contributed by atoms with Crippen LogP contribution in [-0.4, -0.2) is 35.2 Å². The first-order valence-corrected chi connectivity index (χ1v) is 10.1. The molecule has 1 unspecified atom stereocenters. The zero-order valence-corrected chi connectivity index (χ0v) is 16.6. The van der Waals surface area contributed by atoms with E-state index in [9.17, 15) is 9.90 Å². The maximum absolute atomic E-state index is 12.3. The number of aromatic hydroxyl groups is 1. The highest BCUT2D eigenvalue weighted by Gasteiger charge is 2.26. The highest BCUT2D eigenvalue weighted by atomic mass is 16.5. The summed E-state index contributed by atoms with van der Waals surface area (Å²) < 4.78 is 5.13. The van der Waals surface area contributed by atoms with Crippen molar-refractivity contribution in [2.45, 2.75) is 32.4 Å². The summed E-state index contributed by atoms with van der Waals surface area (Å²) in [5.41, 5.74) is 5.03. The first-order chi connectivity index (χ1) is 14.1. The number of hydrogen-bond donors (Lipinski definition) is 2. The smallest absolute Gasteiger partial charge is 0.340 e. The van der Waals surface area contributed by atoms with Gasteiger partial charge in [-0.15, -0.1) is 0 Å². The number of phenols is 1. The van der Waals surface area contributed by atoms with Gasteiger partial charge < -0.3 is 20.1 Å². The average Bonchev–Trinajstić information content (AvgIpc) is 3.12. The summed E-state index contributed by atoms with van der Waals surface area (Å²) in [6, 6.07) is 15.4. The van der Waals surface area contributed by atoms with Crippen molar-refractivity contribution in [2.24, 2.45) is 0 Å². The standard InChI is InChI=1S/C24H26N2O3/c1-2-29-24(28)21-15-20(27)9-10-22(21)25-19-8-11-23-18(14-19)12-13-26(23)16-17-6-4-3-5-7-17/h3-7,9-11,14-15,19,25,27H,2,8,12-13,16H2,1H3. The van der Waals surface area contributed by atoms with E-state index in [0.29, 0.717) is 17.9 Å². The van der Waals surface area contributed by atoms with Crippen LogP contribution in [0.1, 0.15) is 35.7 Å². The normalized spacial score (nSPS) is 18.0. The van der Waals surface area contributed by atoms with Crippen molar-refractivity contribution in [1.82, 2.24) is 4.90 Å². The van der Waals surface area contributed by atoms with E-state index in [1.807, 2.05) is 6.07 Å². The predicted molar refractivity (Wildman–Crippen MR) is 114 cm³/mol. The van der Waals surface area contributed by atoms with Crippen molar-refractivity contribution in [1.29, 1.82) is 0 Å². The molecule has 0 bridgehead atoms. The minimum absolute atomic E-state index is 0.0510. The number of nitrogens with zero attached hydrogens (tertiary/aromatic N) is 1. The molecule has 2 N–H and O–H groups in total. The number of hydrogen-bond acceptors (Lipinski definition) is 5. The lowest BCUT2D eigenvalue weighted by Crippen LogP contribution is -2.23. The third-order valence-electron chi connectivity index (χ3n) is 5.34. The van der Waals surface area contributed by atoms with E-state index >= 15 is 0 Å². The second kappa shape index (κ2) is 8.43. The first-order valence-electron chi connectivity index (χ1n) is 10.1. The number of carbonyl (C=O) groups excluding carboxylic acids is 1. The van der Waals surface area contributed by atoms with E-state index in [-0.39, 0.29) is 11.8 Å². The Hall–Kier alpha value is -3.21. The van der Waals surface area contributed by atoms with Gasteiger partial charge in [-0.3, -0.25) is 0 Å². The molecule has 0 radical (unpaired) electrons. The van der Waals surface area contributed by atoms with Crippen molar-refractivity contribution in [2.75, 3.05) is 18.5 Å². The topological polar surface area (TPSA) is 61.8 Å². The molecule has 2 aromatic rings. The Kier molecular flexibility index (Phi) is 5.56. The van der Waals surface area contributed by atoms with E-state index in [0.717, 1.165) is 25.9 Å². The quantitative estimate of drug-likeness (QED) is 0.563. The fraction of sp³-hybridized carbons (Fsp3) is 0.292. The van der Waals surface area contributed by atoms with Crippen LogP contribution in [0.4, 0.5) is 5.69 Å². The number of benzene rings is 2. The minimum atomic E-state index is -0.430. The number of rotatable bonds is 6. The monoisotopic (exact) mass is 390 g/mol. The second-order valence-corrected chi connectivity index (χ2v) is 7.38. The molecule has 5 nitrogen and oxygen atoms in total. The lowest BCUT2D eigenvalue weighted by Gasteiger charge is -2.26. The van der Waals surface area contributed by atoms with Crippen LogP contribution in [0.3, 0.4) is 0 Å². The largest absolute Gasteiger partial charge is 0.508 e. The number of anilines is 1. The van der Waals surface area contributed by atoms with Gasteiger partial charge in [-0.25, -0.2) is 4.79 Å². The van der Waals surface area contributed by atoms with Crippen LogP contribution < -0.4 is 5.32 Å². The van der Waals surface area contributed by atoms with Gasteiger partial charge in [0, 0.05) is 30.5 Å². The van der Waals surface area contributed by atoms with Crippen molar-refractivity contribution in [3.05, 3.63) is 83.1 Å². The number of esters is 1. The molecule has 0 saturated carbocycles. The molecule has 1 saturated heterocycles. The fourth-order valence-electron chi connectivity index (χ4n) is 3.99.